The Bertz CT molecular complexity index is 1290. The lowest BCUT2D eigenvalue weighted by Gasteiger charge is -2.06. The van der Waals surface area contributed by atoms with Gasteiger partial charge in [-0.1, -0.05) is 12.1 Å². The van der Waals surface area contributed by atoms with E-state index < -0.39 is 0 Å². The van der Waals surface area contributed by atoms with Crippen LogP contribution in [-0.2, 0) is 7.05 Å². The summed E-state index contributed by atoms with van der Waals surface area (Å²) in [4.78, 5) is 16.7. The molecule has 6 heteroatoms. The molecule has 0 aliphatic heterocycles. The standard InChI is InChI=1S/C21H16N5O/c1-13-5-7-15-16-4-3-9-23-21(16)27-19(15)18(13)17-8-6-14(10-26(17)2)20-24-11-22-12-25-20/h3-12H,1-2H3/q+1. The molecule has 0 aliphatic rings. The average Bonchev–Trinajstić information content (AvgIpc) is 3.08. The summed E-state index contributed by atoms with van der Waals surface area (Å²) in [7, 11) is 2.01. The minimum atomic E-state index is 0.648. The van der Waals surface area contributed by atoms with Crippen LogP contribution < -0.4 is 4.57 Å². The summed E-state index contributed by atoms with van der Waals surface area (Å²) in [6, 6.07) is 12.3. The topological polar surface area (TPSA) is 68.6 Å². The number of nitrogens with zero attached hydrogens (tertiary/aromatic N) is 5. The van der Waals surface area contributed by atoms with Crippen molar-refractivity contribution in [3.8, 4) is 22.6 Å². The SMILES string of the molecule is Cc1ccc2c(oc3ncccc32)c1-c1ccc(-c2ncncn2)c[n+]1C. The smallest absolute Gasteiger partial charge is 0.227 e. The molecule has 0 amide bonds. The van der Waals surface area contributed by atoms with Gasteiger partial charge in [0.25, 0.3) is 0 Å². The third kappa shape index (κ3) is 2.45. The summed E-state index contributed by atoms with van der Waals surface area (Å²) in [5.41, 5.74) is 5.70. The molecule has 0 spiro atoms. The Morgan fingerprint density at radius 2 is 1.78 bits per heavy atom. The Labute approximate surface area is 155 Å². The molecule has 0 unspecified atom stereocenters. The Balaban J connectivity index is 1.75. The first kappa shape index (κ1) is 15.6. The van der Waals surface area contributed by atoms with Crippen molar-refractivity contribution >= 4 is 22.1 Å². The fourth-order valence-corrected chi connectivity index (χ4v) is 3.48. The van der Waals surface area contributed by atoms with Gasteiger partial charge in [-0.3, -0.25) is 0 Å². The molecule has 6 nitrogen and oxygen atoms in total. The maximum absolute atomic E-state index is 6.13. The highest BCUT2D eigenvalue weighted by atomic mass is 16.3. The zero-order chi connectivity index (χ0) is 18.4. The Hall–Kier alpha value is -3.67. The minimum Gasteiger partial charge on any atom is -0.437 e. The number of aromatic nitrogens is 5. The second-order valence-corrected chi connectivity index (χ2v) is 6.47. The third-order valence-corrected chi connectivity index (χ3v) is 4.77. The zero-order valence-corrected chi connectivity index (χ0v) is 14.9. The number of benzene rings is 1. The number of pyridine rings is 2. The van der Waals surface area contributed by atoms with Gasteiger partial charge in [0.15, 0.2) is 17.6 Å². The molecule has 0 saturated heterocycles. The molecule has 4 aromatic heterocycles. The van der Waals surface area contributed by atoms with Crippen LogP contribution in [0.3, 0.4) is 0 Å². The first-order valence-corrected chi connectivity index (χ1v) is 8.61. The second-order valence-electron chi connectivity index (χ2n) is 6.47. The lowest BCUT2D eigenvalue weighted by molar-refractivity contribution is -0.659. The molecule has 0 atom stereocenters. The lowest BCUT2D eigenvalue weighted by Crippen LogP contribution is -2.31. The quantitative estimate of drug-likeness (QED) is 0.453. The highest BCUT2D eigenvalue weighted by Gasteiger charge is 2.21. The van der Waals surface area contributed by atoms with Crippen LogP contribution in [0, 0.1) is 6.92 Å². The maximum atomic E-state index is 6.13. The number of fused-ring (bicyclic) bond motifs is 3. The Kier molecular flexibility index (Phi) is 3.43. The van der Waals surface area contributed by atoms with Crippen LogP contribution in [0.25, 0.3) is 44.7 Å². The van der Waals surface area contributed by atoms with Gasteiger partial charge < -0.3 is 4.42 Å². The van der Waals surface area contributed by atoms with Crippen molar-refractivity contribution < 1.29 is 8.98 Å². The van der Waals surface area contributed by atoms with E-state index in [0.717, 1.165) is 38.7 Å². The third-order valence-electron chi connectivity index (χ3n) is 4.77. The highest BCUT2D eigenvalue weighted by molar-refractivity contribution is 6.08. The predicted molar refractivity (Wildman–Crippen MR) is 102 cm³/mol. The largest absolute Gasteiger partial charge is 0.437 e. The first-order chi connectivity index (χ1) is 13.2. The van der Waals surface area contributed by atoms with Gasteiger partial charge in [-0.05, 0) is 30.7 Å². The van der Waals surface area contributed by atoms with E-state index in [2.05, 4.69) is 49.6 Å². The van der Waals surface area contributed by atoms with Crippen LogP contribution in [0.1, 0.15) is 5.56 Å². The van der Waals surface area contributed by atoms with Crippen molar-refractivity contribution in [2.24, 2.45) is 7.05 Å². The molecule has 5 rings (SSSR count). The van der Waals surface area contributed by atoms with Crippen LogP contribution in [-0.4, -0.2) is 19.9 Å². The van der Waals surface area contributed by atoms with E-state index in [9.17, 15) is 0 Å². The fraction of sp³-hybridized carbons (Fsp3) is 0.0952. The molecule has 130 valence electrons. The average molecular weight is 354 g/mol. The van der Waals surface area contributed by atoms with E-state index in [1.54, 1.807) is 6.20 Å². The van der Waals surface area contributed by atoms with Crippen molar-refractivity contribution in [1.29, 1.82) is 0 Å². The molecule has 0 radical (unpaired) electrons. The number of hydrogen-bond donors (Lipinski definition) is 0. The zero-order valence-electron chi connectivity index (χ0n) is 14.9. The van der Waals surface area contributed by atoms with Gasteiger partial charge in [0.05, 0.1) is 11.1 Å². The molecule has 4 heterocycles. The van der Waals surface area contributed by atoms with Gasteiger partial charge in [0, 0.05) is 23.0 Å². The van der Waals surface area contributed by atoms with E-state index >= 15 is 0 Å². The molecule has 5 aromatic rings. The van der Waals surface area contributed by atoms with E-state index in [4.69, 9.17) is 4.42 Å². The Morgan fingerprint density at radius 1 is 0.926 bits per heavy atom. The van der Waals surface area contributed by atoms with Crippen molar-refractivity contribution in [3.63, 3.8) is 0 Å². The lowest BCUT2D eigenvalue weighted by atomic mass is 10.0. The van der Waals surface area contributed by atoms with E-state index in [1.165, 1.54) is 12.7 Å². The normalized spacial score (nSPS) is 11.3. The second kappa shape index (κ2) is 5.95. The highest BCUT2D eigenvalue weighted by Crippen LogP contribution is 2.36. The maximum Gasteiger partial charge on any atom is 0.227 e. The number of furan rings is 1. The van der Waals surface area contributed by atoms with E-state index in [1.807, 2.05) is 31.4 Å². The predicted octanol–water partition coefficient (Wildman–Crippen LogP) is 3.63. The van der Waals surface area contributed by atoms with Gasteiger partial charge in [-0.15, -0.1) is 0 Å². The molecule has 0 N–H and O–H groups in total. The van der Waals surface area contributed by atoms with Crippen LogP contribution in [0.5, 0.6) is 0 Å². The Morgan fingerprint density at radius 3 is 2.59 bits per heavy atom. The van der Waals surface area contributed by atoms with Gasteiger partial charge in [-0.25, -0.2) is 24.5 Å². The first-order valence-electron chi connectivity index (χ1n) is 8.61. The van der Waals surface area contributed by atoms with Crippen LogP contribution in [0.4, 0.5) is 0 Å². The summed E-state index contributed by atoms with van der Waals surface area (Å²) < 4.78 is 8.20. The molecule has 0 bridgehead atoms. The van der Waals surface area contributed by atoms with Crippen LogP contribution in [0.2, 0.25) is 0 Å². The summed E-state index contributed by atoms with van der Waals surface area (Å²) in [5, 5.41) is 2.10. The van der Waals surface area contributed by atoms with E-state index in [-0.39, 0.29) is 0 Å². The molecular formula is C21H16N5O+. The molecule has 1 aromatic carbocycles. The van der Waals surface area contributed by atoms with Gasteiger partial charge in [0.1, 0.15) is 19.7 Å². The van der Waals surface area contributed by atoms with Crippen molar-refractivity contribution in [2.45, 2.75) is 6.92 Å². The number of aryl methyl sites for hydroxylation is 2. The summed E-state index contributed by atoms with van der Waals surface area (Å²) in [6.45, 7) is 2.09. The fourth-order valence-electron chi connectivity index (χ4n) is 3.48. The van der Waals surface area contributed by atoms with Gasteiger partial charge in [0.2, 0.25) is 11.4 Å². The van der Waals surface area contributed by atoms with Crippen molar-refractivity contribution in [2.75, 3.05) is 0 Å². The van der Waals surface area contributed by atoms with E-state index in [0.29, 0.717) is 11.5 Å². The molecular weight excluding hydrogens is 338 g/mol. The molecule has 0 aliphatic carbocycles. The minimum absolute atomic E-state index is 0.648. The number of rotatable bonds is 2. The molecule has 27 heavy (non-hydrogen) atoms. The van der Waals surface area contributed by atoms with Gasteiger partial charge >= 0.3 is 0 Å². The summed E-state index contributed by atoms with van der Waals surface area (Å²) in [6.07, 6.45) is 6.77. The summed E-state index contributed by atoms with van der Waals surface area (Å²) in [5.74, 6) is 0.648. The van der Waals surface area contributed by atoms with Crippen LogP contribution in [0.15, 0.2) is 65.9 Å². The van der Waals surface area contributed by atoms with Gasteiger partial charge in [-0.2, -0.15) is 0 Å². The monoisotopic (exact) mass is 354 g/mol. The molecule has 0 fully saturated rings. The molecule has 0 saturated carbocycles. The van der Waals surface area contributed by atoms with Crippen LogP contribution >= 0.6 is 0 Å². The van der Waals surface area contributed by atoms with Crippen molar-refractivity contribution in [1.82, 2.24) is 19.9 Å². The number of hydrogen-bond acceptors (Lipinski definition) is 5. The summed E-state index contributed by atoms with van der Waals surface area (Å²) >= 11 is 0. The van der Waals surface area contributed by atoms with Crippen molar-refractivity contribution in [3.05, 3.63) is 67.0 Å².